The minimum absolute atomic E-state index is 0.0363. The van der Waals surface area contributed by atoms with Crippen LogP contribution in [0.25, 0.3) is 0 Å². The summed E-state index contributed by atoms with van der Waals surface area (Å²) in [7, 11) is 0. The Morgan fingerprint density at radius 2 is 2.17 bits per heavy atom. The molecule has 0 aromatic rings. The van der Waals surface area contributed by atoms with Crippen molar-refractivity contribution in [2.75, 3.05) is 19.6 Å². The number of likely N-dealkylation sites (tertiary alicyclic amines) is 1. The van der Waals surface area contributed by atoms with Crippen LogP contribution in [0.3, 0.4) is 0 Å². The summed E-state index contributed by atoms with van der Waals surface area (Å²) < 4.78 is 0. The highest BCUT2D eigenvalue weighted by Gasteiger charge is 2.21. The smallest absolute Gasteiger partial charge is 0.0965 e. The molecule has 1 rings (SSSR count). The van der Waals surface area contributed by atoms with Gasteiger partial charge in [-0.3, -0.25) is 0 Å². The second-order valence-corrected chi connectivity index (χ2v) is 5.40. The summed E-state index contributed by atoms with van der Waals surface area (Å²) in [5.74, 6) is 0. The average Bonchev–Trinajstić information content (AvgIpc) is 2.41. The molecule has 1 heterocycles. The molecule has 2 unspecified atom stereocenters. The topological polar surface area (TPSA) is 39.1 Å². The van der Waals surface area contributed by atoms with Crippen molar-refractivity contribution < 1.29 is 0 Å². The summed E-state index contributed by atoms with van der Waals surface area (Å²) in [4.78, 5) is 2.62. The Morgan fingerprint density at radius 3 is 2.83 bits per heavy atom. The van der Waals surface area contributed by atoms with Crippen molar-refractivity contribution >= 4 is 0 Å². The van der Waals surface area contributed by atoms with E-state index < -0.39 is 0 Å². The van der Waals surface area contributed by atoms with Gasteiger partial charge in [0.05, 0.1) is 12.1 Å². The van der Waals surface area contributed by atoms with E-state index in [1.807, 2.05) is 0 Å². The molecular formula is C15H29N3. The molecular weight excluding hydrogens is 222 g/mol. The Morgan fingerprint density at radius 1 is 1.33 bits per heavy atom. The van der Waals surface area contributed by atoms with Crippen LogP contribution in [0.5, 0.6) is 0 Å². The average molecular weight is 251 g/mol. The molecule has 1 aliphatic rings. The lowest BCUT2D eigenvalue weighted by atomic mass is 9.97. The molecule has 104 valence electrons. The molecule has 3 nitrogen and oxygen atoms in total. The van der Waals surface area contributed by atoms with Crippen molar-refractivity contribution in [2.45, 2.75) is 70.9 Å². The molecule has 0 aromatic heterocycles. The molecule has 1 fully saturated rings. The molecule has 2 atom stereocenters. The number of nitrogens with one attached hydrogen (secondary N) is 1. The van der Waals surface area contributed by atoms with Gasteiger partial charge in [-0.05, 0) is 45.2 Å². The minimum atomic E-state index is 0.0363. The third-order valence-corrected chi connectivity index (χ3v) is 3.87. The molecule has 0 aromatic carbocycles. The normalized spacial score (nSPS) is 22.6. The van der Waals surface area contributed by atoms with E-state index in [9.17, 15) is 0 Å². The van der Waals surface area contributed by atoms with E-state index in [1.54, 1.807) is 0 Å². The minimum Gasteiger partial charge on any atom is -0.302 e. The van der Waals surface area contributed by atoms with Crippen molar-refractivity contribution in [1.82, 2.24) is 10.2 Å². The van der Waals surface area contributed by atoms with Crippen LogP contribution in [0.4, 0.5) is 0 Å². The van der Waals surface area contributed by atoms with Crippen molar-refractivity contribution in [3.05, 3.63) is 0 Å². The first-order chi connectivity index (χ1) is 8.81. The molecule has 1 aliphatic heterocycles. The third kappa shape index (κ3) is 5.37. The number of rotatable bonds is 8. The lowest BCUT2D eigenvalue weighted by Crippen LogP contribution is -2.42. The van der Waals surface area contributed by atoms with E-state index in [0.29, 0.717) is 0 Å². The number of piperidine rings is 1. The van der Waals surface area contributed by atoms with E-state index in [0.717, 1.165) is 32.0 Å². The third-order valence-electron chi connectivity index (χ3n) is 3.87. The largest absolute Gasteiger partial charge is 0.302 e. The van der Waals surface area contributed by atoms with Crippen LogP contribution in [0.15, 0.2) is 0 Å². The van der Waals surface area contributed by atoms with Gasteiger partial charge in [-0.25, -0.2) is 0 Å². The lowest BCUT2D eigenvalue weighted by molar-refractivity contribution is 0.135. The summed E-state index contributed by atoms with van der Waals surface area (Å²) >= 11 is 0. The Labute approximate surface area is 113 Å². The Hall–Kier alpha value is -0.590. The number of hydrogen-bond acceptors (Lipinski definition) is 3. The van der Waals surface area contributed by atoms with Crippen LogP contribution in [0, 0.1) is 11.3 Å². The molecule has 18 heavy (non-hydrogen) atoms. The van der Waals surface area contributed by atoms with Gasteiger partial charge >= 0.3 is 0 Å². The van der Waals surface area contributed by atoms with Crippen molar-refractivity contribution in [2.24, 2.45) is 0 Å². The van der Waals surface area contributed by atoms with Crippen LogP contribution in [-0.2, 0) is 0 Å². The van der Waals surface area contributed by atoms with Crippen LogP contribution in [0.2, 0.25) is 0 Å². The molecule has 1 saturated heterocycles. The fourth-order valence-corrected chi connectivity index (χ4v) is 2.84. The lowest BCUT2D eigenvalue weighted by Gasteiger charge is -2.36. The molecule has 1 N–H and O–H groups in total. The second kappa shape index (κ2) is 9.35. The summed E-state index contributed by atoms with van der Waals surface area (Å²) in [6.07, 6.45) is 8.73. The van der Waals surface area contributed by atoms with Crippen LogP contribution in [0.1, 0.15) is 58.8 Å². The first kappa shape index (κ1) is 15.5. The van der Waals surface area contributed by atoms with Gasteiger partial charge < -0.3 is 10.2 Å². The first-order valence-electron chi connectivity index (χ1n) is 7.68. The Balaban J connectivity index is 2.32. The first-order valence-corrected chi connectivity index (χ1v) is 7.68. The summed E-state index contributed by atoms with van der Waals surface area (Å²) in [6.45, 7) is 7.68. The summed E-state index contributed by atoms with van der Waals surface area (Å²) in [5, 5.41) is 12.4. The molecule has 0 spiro atoms. The van der Waals surface area contributed by atoms with Gasteiger partial charge in [-0.2, -0.15) is 5.26 Å². The molecule has 0 radical (unpaired) electrons. The van der Waals surface area contributed by atoms with Gasteiger partial charge in [-0.1, -0.05) is 26.7 Å². The van der Waals surface area contributed by atoms with E-state index >= 15 is 0 Å². The quantitative estimate of drug-likeness (QED) is 0.721. The predicted molar refractivity (Wildman–Crippen MR) is 76.4 cm³/mol. The highest BCUT2D eigenvalue weighted by molar-refractivity contribution is 4.91. The van der Waals surface area contributed by atoms with Gasteiger partial charge in [0.15, 0.2) is 0 Å². The standard InChI is InChI=1S/C15H29N3/c1-3-7-15-8-5-6-11-18(15)12-9-14(13-16)17-10-4-2/h14-15,17H,3-12H2,1-2H3. The van der Waals surface area contributed by atoms with Gasteiger partial charge in [0.2, 0.25) is 0 Å². The van der Waals surface area contributed by atoms with Crippen LogP contribution < -0.4 is 5.32 Å². The van der Waals surface area contributed by atoms with Gasteiger partial charge in [0.25, 0.3) is 0 Å². The molecule has 0 amide bonds. The van der Waals surface area contributed by atoms with E-state index in [2.05, 4.69) is 30.1 Å². The predicted octanol–water partition coefficient (Wildman–Crippen LogP) is 2.92. The van der Waals surface area contributed by atoms with Gasteiger partial charge in [-0.15, -0.1) is 0 Å². The van der Waals surface area contributed by atoms with Crippen molar-refractivity contribution in [1.29, 1.82) is 5.26 Å². The van der Waals surface area contributed by atoms with Crippen molar-refractivity contribution in [3.63, 3.8) is 0 Å². The number of hydrogen-bond donors (Lipinski definition) is 1. The molecule has 0 aliphatic carbocycles. The summed E-state index contributed by atoms with van der Waals surface area (Å²) in [6, 6.07) is 3.19. The highest BCUT2D eigenvalue weighted by atomic mass is 15.2. The van der Waals surface area contributed by atoms with E-state index in [-0.39, 0.29) is 6.04 Å². The Kier molecular flexibility index (Phi) is 8.04. The van der Waals surface area contributed by atoms with Gasteiger partial charge in [0.1, 0.15) is 0 Å². The zero-order valence-electron chi connectivity index (χ0n) is 12.1. The SMILES string of the molecule is CCCNC(C#N)CCN1CCCCC1CCC. The molecule has 0 saturated carbocycles. The van der Waals surface area contributed by atoms with Crippen LogP contribution >= 0.6 is 0 Å². The maximum Gasteiger partial charge on any atom is 0.0965 e. The zero-order valence-corrected chi connectivity index (χ0v) is 12.1. The molecule has 0 bridgehead atoms. The Bertz CT molecular complexity index is 245. The maximum absolute atomic E-state index is 9.12. The summed E-state index contributed by atoms with van der Waals surface area (Å²) in [5.41, 5.74) is 0. The van der Waals surface area contributed by atoms with Gasteiger partial charge in [0, 0.05) is 12.6 Å². The fourth-order valence-electron chi connectivity index (χ4n) is 2.84. The number of nitrogens with zero attached hydrogens (tertiary/aromatic N) is 2. The van der Waals surface area contributed by atoms with E-state index in [1.165, 1.54) is 38.6 Å². The zero-order chi connectivity index (χ0) is 13.2. The molecule has 3 heteroatoms. The fraction of sp³-hybridized carbons (Fsp3) is 0.933. The van der Waals surface area contributed by atoms with E-state index in [4.69, 9.17) is 5.26 Å². The van der Waals surface area contributed by atoms with Crippen LogP contribution in [-0.4, -0.2) is 36.6 Å². The monoisotopic (exact) mass is 251 g/mol. The number of nitriles is 1. The second-order valence-electron chi connectivity index (χ2n) is 5.40. The highest BCUT2D eigenvalue weighted by Crippen LogP contribution is 2.21. The maximum atomic E-state index is 9.12. The van der Waals surface area contributed by atoms with Crippen molar-refractivity contribution in [3.8, 4) is 6.07 Å².